The number of hydrogen-bond donors (Lipinski definition) is 1. The van der Waals surface area contributed by atoms with Gasteiger partial charge in [-0.05, 0) is 39.2 Å². The molecule has 2 rings (SSSR count). The summed E-state index contributed by atoms with van der Waals surface area (Å²) in [5.41, 5.74) is 1.23. The number of anilines is 1. The lowest BCUT2D eigenvalue weighted by Crippen LogP contribution is -2.58. The molecule has 1 saturated heterocycles. The molecule has 1 aliphatic heterocycles. The predicted octanol–water partition coefficient (Wildman–Crippen LogP) is 2.07. The lowest BCUT2D eigenvalue weighted by Gasteiger charge is -2.45. The normalized spacial score (nSPS) is 25.4. The fourth-order valence-electron chi connectivity index (χ4n) is 2.59. The Bertz CT molecular complexity index is 396. The molecule has 100 valence electrons. The van der Waals surface area contributed by atoms with E-state index in [0.29, 0.717) is 12.1 Å². The van der Waals surface area contributed by atoms with Crippen LogP contribution < -0.4 is 10.2 Å². The summed E-state index contributed by atoms with van der Waals surface area (Å²) in [4.78, 5) is 4.89. The smallest absolute Gasteiger partial charge is 0.0426 e. The van der Waals surface area contributed by atoms with Gasteiger partial charge in [-0.15, -0.1) is 0 Å². The Hall–Kier alpha value is -0.770. The number of rotatable bonds is 3. The first-order chi connectivity index (χ1) is 8.61. The molecular weight excluding hydrogens is 246 g/mol. The van der Waals surface area contributed by atoms with Crippen LogP contribution in [0.1, 0.15) is 6.92 Å². The van der Waals surface area contributed by atoms with E-state index >= 15 is 0 Å². The number of hydrogen-bond acceptors (Lipinski definition) is 3. The highest BCUT2D eigenvalue weighted by atomic mass is 35.5. The Morgan fingerprint density at radius 3 is 2.83 bits per heavy atom. The molecule has 1 fully saturated rings. The number of halogens is 1. The van der Waals surface area contributed by atoms with Gasteiger partial charge in [0, 0.05) is 42.4 Å². The second-order valence-corrected chi connectivity index (χ2v) is 5.55. The summed E-state index contributed by atoms with van der Waals surface area (Å²) < 4.78 is 0. The zero-order valence-corrected chi connectivity index (χ0v) is 12.1. The van der Waals surface area contributed by atoms with Crippen molar-refractivity contribution in [1.29, 1.82) is 0 Å². The van der Waals surface area contributed by atoms with Crippen molar-refractivity contribution in [2.75, 3.05) is 38.6 Å². The first-order valence-electron chi connectivity index (χ1n) is 6.49. The summed E-state index contributed by atoms with van der Waals surface area (Å²) in [5, 5.41) is 4.09. The van der Waals surface area contributed by atoms with E-state index < -0.39 is 0 Å². The van der Waals surface area contributed by atoms with Gasteiger partial charge in [-0.1, -0.05) is 17.7 Å². The Labute approximate surface area is 115 Å². The minimum atomic E-state index is 0.540. The molecule has 0 bridgehead atoms. The molecule has 0 radical (unpaired) electrons. The van der Waals surface area contributed by atoms with Crippen LogP contribution in [-0.2, 0) is 0 Å². The van der Waals surface area contributed by atoms with Crippen molar-refractivity contribution in [1.82, 2.24) is 10.2 Å². The average Bonchev–Trinajstić information content (AvgIpc) is 2.35. The molecule has 3 nitrogen and oxygen atoms in total. The van der Waals surface area contributed by atoms with Crippen molar-refractivity contribution in [3.63, 3.8) is 0 Å². The SMILES string of the molecule is CNCC1CN(c2cccc(Cl)c2)CC(C)N1C. The summed E-state index contributed by atoms with van der Waals surface area (Å²) in [6.45, 7) is 5.39. The second-order valence-electron chi connectivity index (χ2n) is 5.11. The standard InChI is InChI=1S/C14H22ClN3/c1-11-9-18(10-14(8-16-2)17(11)3)13-6-4-5-12(15)7-13/h4-7,11,14,16H,8-10H2,1-3H3. The van der Waals surface area contributed by atoms with Gasteiger partial charge in [0.1, 0.15) is 0 Å². The zero-order valence-electron chi connectivity index (χ0n) is 11.4. The molecule has 0 spiro atoms. The van der Waals surface area contributed by atoms with Crippen LogP contribution in [0, 0.1) is 0 Å². The number of nitrogens with zero attached hydrogens (tertiary/aromatic N) is 2. The molecule has 2 unspecified atom stereocenters. The minimum absolute atomic E-state index is 0.540. The van der Waals surface area contributed by atoms with Gasteiger partial charge in [-0.2, -0.15) is 0 Å². The highest BCUT2D eigenvalue weighted by molar-refractivity contribution is 6.30. The van der Waals surface area contributed by atoms with Gasteiger partial charge in [0.2, 0.25) is 0 Å². The zero-order chi connectivity index (χ0) is 13.1. The Morgan fingerprint density at radius 2 is 2.17 bits per heavy atom. The summed E-state index contributed by atoms with van der Waals surface area (Å²) in [5.74, 6) is 0. The molecule has 4 heteroatoms. The number of nitrogens with one attached hydrogen (secondary N) is 1. The van der Waals surface area contributed by atoms with Crippen molar-refractivity contribution in [3.8, 4) is 0 Å². The number of benzene rings is 1. The van der Waals surface area contributed by atoms with Crippen LogP contribution in [0.3, 0.4) is 0 Å². The van der Waals surface area contributed by atoms with Gasteiger partial charge >= 0.3 is 0 Å². The van der Waals surface area contributed by atoms with Crippen LogP contribution >= 0.6 is 11.6 Å². The molecule has 0 aromatic heterocycles. The van der Waals surface area contributed by atoms with E-state index in [1.54, 1.807) is 0 Å². The number of likely N-dealkylation sites (N-methyl/N-ethyl adjacent to an activating group) is 2. The van der Waals surface area contributed by atoms with Crippen LogP contribution in [0.25, 0.3) is 0 Å². The van der Waals surface area contributed by atoms with Crippen LogP contribution in [0.4, 0.5) is 5.69 Å². The highest BCUT2D eigenvalue weighted by Crippen LogP contribution is 2.24. The fraction of sp³-hybridized carbons (Fsp3) is 0.571. The molecule has 0 amide bonds. The summed E-state index contributed by atoms with van der Waals surface area (Å²) in [7, 11) is 4.22. The van der Waals surface area contributed by atoms with Gasteiger partial charge in [0.25, 0.3) is 0 Å². The second kappa shape index (κ2) is 5.91. The molecule has 0 aliphatic carbocycles. The molecular formula is C14H22ClN3. The fourth-order valence-corrected chi connectivity index (χ4v) is 2.78. The minimum Gasteiger partial charge on any atom is -0.368 e. The molecule has 1 N–H and O–H groups in total. The van der Waals surface area contributed by atoms with Crippen LogP contribution in [-0.4, -0.2) is 50.7 Å². The van der Waals surface area contributed by atoms with E-state index in [1.165, 1.54) is 5.69 Å². The van der Waals surface area contributed by atoms with Crippen LogP contribution in [0.2, 0.25) is 5.02 Å². The third kappa shape index (κ3) is 2.97. The van der Waals surface area contributed by atoms with Crippen molar-refractivity contribution in [3.05, 3.63) is 29.3 Å². The average molecular weight is 268 g/mol. The van der Waals surface area contributed by atoms with Crippen molar-refractivity contribution < 1.29 is 0 Å². The monoisotopic (exact) mass is 267 g/mol. The van der Waals surface area contributed by atoms with E-state index in [9.17, 15) is 0 Å². The van der Waals surface area contributed by atoms with Crippen molar-refractivity contribution in [2.45, 2.75) is 19.0 Å². The number of piperazine rings is 1. The molecule has 0 saturated carbocycles. The molecule has 1 aromatic rings. The molecule has 2 atom stereocenters. The van der Waals surface area contributed by atoms with Gasteiger partial charge in [0.15, 0.2) is 0 Å². The first kappa shape index (κ1) is 13.7. The predicted molar refractivity (Wildman–Crippen MR) is 78.6 cm³/mol. The maximum atomic E-state index is 6.08. The molecule has 1 aromatic carbocycles. The molecule has 1 heterocycles. The summed E-state index contributed by atoms with van der Waals surface area (Å²) in [6, 6.07) is 9.23. The van der Waals surface area contributed by atoms with Crippen LogP contribution in [0.15, 0.2) is 24.3 Å². The van der Waals surface area contributed by atoms with E-state index in [-0.39, 0.29) is 0 Å². The topological polar surface area (TPSA) is 18.5 Å². The van der Waals surface area contributed by atoms with E-state index in [0.717, 1.165) is 24.7 Å². The lowest BCUT2D eigenvalue weighted by molar-refractivity contribution is 0.157. The summed E-state index contributed by atoms with van der Waals surface area (Å²) in [6.07, 6.45) is 0. The Kier molecular flexibility index (Phi) is 4.49. The summed E-state index contributed by atoms with van der Waals surface area (Å²) >= 11 is 6.08. The third-order valence-electron chi connectivity index (χ3n) is 3.80. The van der Waals surface area contributed by atoms with Crippen molar-refractivity contribution in [2.24, 2.45) is 0 Å². The van der Waals surface area contributed by atoms with E-state index in [2.05, 4.69) is 41.2 Å². The Balaban J connectivity index is 2.14. The molecule has 18 heavy (non-hydrogen) atoms. The lowest BCUT2D eigenvalue weighted by atomic mass is 10.1. The quantitative estimate of drug-likeness (QED) is 0.905. The van der Waals surface area contributed by atoms with Gasteiger partial charge < -0.3 is 10.2 Å². The highest BCUT2D eigenvalue weighted by Gasteiger charge is 2.28. The molecule has 1 aliphatic rings. The largest absolute Gasteiger partial charge is 0.368 e. The van der Waals surface area contributed by atoms with Gasteiger partial charge in [-0.3, -0.25) is 4.90 Å². The van der Waals surface area contributed by atoms with Crippen LogP contribution in [0.5, 0.6) is 0 Å². The maximum Gasteiger partial charge on any atom is 0.0426 e. The van der Waals surface area contributed by atoms with Gasteiger partial charge in [-0.25, -0.2) is 0 Å². The van der Waals surface area contributed by atoms with Crippen molar-refractivity contribution >= 4 is 17.3 Å². The Morgan fingerprint density at radius 1 is 1.39 bits per heavy atom. The van der Waals surface area contributed by atoms with E-state index in [1.807, 2.05) is 19.2 Å². The van der Waals surface area contributed by atoms with E-state index in [4.69, 9.17) is 11.6 Å². The third-order valence-corrected chi connectivity index (χ3v) is 4.04. The maximum absolute atomic E-state index is 6.08. The van der Waals surface area contributed by atoms with Gasteiger partial charge in [0.05, 0.1) is 0 Å². The first-order valence-corrected chi connectivity index (χ1v) is 6.86.